The van der Waals surface area contributed by atoms with Crippen molar-refractivity contribution < 1.29 is 22.5 Å². The smallest absolute Gasteiger partial charge is 0.349 e. The number of likely N-dealkylation sites (tertiary alicyclic amines) is 1. The molecule has 3 aromatic rings. The third-order valence-electron chi connectivity index (χ3n) is 5.92. The van der Waals surface area contributed by atoms with Crippen molar-refractivity contribution in [2.24, 2.45) is 5.92 Å². The maximum atomic E-state index is 13.6. The van der Waals surface area contributed by atoms with Crippen molar-refractivity contribution >= 4 is 17.0 Å². The van der Waals surface area contributed by atoms with Crippen molar-refractivity contribution in [2.75, 3.05) is 19.6 Å². The zero-order valence-corrected chi connectivity index (χ0v) is 18.9. The maximum Gasteiger partial charge on any atom is 0.417 e. The topological polar surface area (TPSA) is 71.3 Å². The van der Waals surface area contributed by atoms with E-state index in [0.29, 0.717) is 17.0 Å². The van der Waals surface area contributed by atoms with Crippen molar-refractivity contribution in [3.05, 3.63) is 47.2 Å². The lowest BCUT2D eigenvalue weighted by Crippen LogP contribution is -2.45. The molecule has 0 atom stereocenters. The van der Waals surface area contributed by atoms with Gasteiger partial charge in [0.2, 0.25) is 0 Å². The van der Waals surface area contributed by atoms with Crippen molar-refractivity contribution in [1.82, 2.24) is 20.4 Å². The zero-order valence-electron chi connectivity index (χ0n) is 18.9. The van der Waals surface area contributed by atoms with Crippen LogP contribution in [0.2, 0.25) is 0 Å². The van der Waals surface area contributed by atoms with Gasteiger partial charge in [-0.15, -0.1) is 0 Å². The van der Waals surface area contributed by atoms with Crippen LogP contribution in [0, 0.1) is 12.8 Å². The number of amides is 1. The average Bonchev–Trinajstić information content (AvgIpc) is 3.14. The summed E-state index contributed by atoms with van der Waals surface area (Å²) < 4.78 is 46.0. The van der Waals surface area contributed by atoms with Gasteiger partial charge in [-0.25, -0.2) is 4.98 Å². The van der Waals surface area contributed by atoms with E-state index in [1.807, 2.05) is 0 Å². The first kappa shape index (κ1) is 23.2. The summed E-state index contributed by atoms with van der Waals surface area (Å²) in [6.45, 7) is 8.85. The van der Waals surface area contributed by atoms with Crippen molar-refractivity contribution in [3.8, 4) is 11.3 Å². The molecule has 1 aliphatic heterocycles. The average molecular weight is 461 g/mol. The number of rotatable bonds is 5. The summed E-state index contributed by atoms with van der Waals surface area (Å²) in [6.07, 6.45) is -2.92. The van der Waals surface area contributed by atoms with Crippen molar-refractivity contribution in [1.29, 1.82) is 0 Å². The van der Waals surface area contributed by atoms with Gasteiger partial charge in [0, 0.05) is 31.2 Å². The van der Waals surface area contributed by atoms with E-state index in [2.05, 4.69) is 34.2 Å². The minimum Gasteiger partial charge on any atom is -0.349 e. The monoisotopic (exact) mass is 460 g/mol. The minimum atomic E-state index is -4.56. The highest BCUT2D eigenvalue weighted by Crippen LogP contribution is 2.37. The normalized spacial score (nSPS) is 16.0. The molecule has 9 heteroatoms. The second-order valence-corrected chi connectivity index (χ2v) is 8.99. The molecule has 0 aliphatic carbocycles. The third-order valence-corrected chi connectivity index (χ3v) is 5.92. The van der Waals surface area contributed by atoms with Gasteiger partial charge in [-0.05, 0) is 37.8 Å². The molecule has 0 bridgehead atoms. The van der Waals surface area contributed by atoms with Crippen LogP contribution in [0.5, 0.6) is 0 Å². The molecule has 3 heterocycles. The van der Waals surface area contributed by atoms with Crippen LogP contribution in [-0.4, -0.2) is 46.6 Å². The number of hydrogen-bond donors (Lipinski definition) is 1. The predicted octanol–water partition coefficient (Wildman–Crippen LogP) is 5.07. The fraction of sp³-hybridized carbons (Fsp3) is 0.458. The lowest BCUT2D eigenvalue weighted by molar-refractivity contribution is -0.137. The van der Waals surface area contributed by atoms with Gasteiger partial charge in [-0.2, -0.15) is 13.2 Å². The van der Waals surface area contributed by atoms with Gasteiger partial charge in [-0.1, -0.05) is 37.2 Å². The van der Waals surface area contributed by atoms with Gasteiger partial charge in [-0.3, -0.25) is 4.79 Å². The number of hydrogen-bond acceptors (Lipinski definition) is 5. The molecule has 6 nitrogen and oxygen atoms in total. The van der Waals surface area contributed by atoms with E-state index in [0.717, 1.165) is 38.5 Å². The Kier molecular flexibility index (Phi) is 6.43. The number of nitrogens with one attached hydrogen (secondary N) is 1. The van der Waals surface area contributed by atoms with E-state index in [4.69, 9.17) is 4.52 Å². The van der Waals surface area contributed by atoms with E-state index in [1.54, 1.807) is 6.92 Å². The van der Waals surface area contributed by atoms with E-state index < -0.39 is 11.7 Å². The number of halogens is 3. The Bertz CT molecular complexity index is 1150. The number of carbonyl (C=O) groups is 1. The third kappa shape index (κ3) is 5.03. The van der Waals surface area contributed by atoms with Crippen LogP contribution >= 0.6 is 0 Å². The van der Waals surface area contributed by atoms with Gasteiger partial charge in [0.05, 0.1) is 27.9 Å². The second kappa shape index (κ2) is 9.13. The van der Waals surface area contributed by atoms with Crippen molar-refractivity contribution in [2.45, 2.75) is 45.8 Å². The number of piperidine rings is 1. The fourth-order valence-electron chi connectivity index (χ4n) is 4.40. The van der Waals surface area contributed by atoms with E-state index in [-0.39, 0.29) is 34.5 Å². The number of pyridine rings is 1. The molecule has 2 aromatic heterocycles. The summed E-state index contributed by atoms with van der Waals surface area (Å²) in [4.78, 5) is 19.9. The summed E-state index contributed by atoms with van der Waals surface area (Å²) in [7, 11) is 0. The SMILES string of the molecule is Cc1noc2nc(-c3ccccc3C(F)(F)F)cc(C(=O)NC3CCN(CC(C)C)CC3)c12. The number of benzene rings is 1. The quantitative estimate of drug-likeness (QED) is 0.576. The first-order chi connectivity index (χ1) is 15.6. The number of aromatic nitrogens is 2. The van der Waals surface area contributed by atoms with Crippen LogP contribution < -0.4 is 5.32 Å². The molecule has 1 aromatic carbocycles. The van der Waals surface area contributed by atoms with Gasteiger partial charge in [0.15, 0.2) is 0 Å². The Balaban J connectivity index is 1.65. The van der Waals surface area contributed by atoms with Crippen LogP contribution in [0.1, 0.15) is 48.3 Å². The molecule has 1 fully saturated rings. The van der Waals surface area contributed by atoms with E-state index in [1.165, 1.54) is 24.3 Å². The molecule has 0 radical (unpaired) electrons. The Morgan fingerprint density at radius 2 is 1.94 bits per heavy atom. The Morgan fingerprint density at radius 3 is 2.61 bits per heavy atom. The Hall–Kier alpha value is -2.94. The van der Waals surface area contributed by atoms with Gasteiger partial charge in [0.1, 0.15) is 0 Å². The molecule has 1 aliphatic rings. The van der Waals surface area contributed by atoms with Crippen LogP contribution in [0.15, 0.2) is 34.9 Å². The molecule has 1 saturated heterocycles. The van der Waals surface area contributed by atoms with Crippen LogP contribution in [0.4, 0.5) is 13.2 Å². The van der Waals surface area contributed by atoms with Gasteiger partial charge in [0.25, 0.3) is 11.6 Å². The highest BCUT2D eigenvalue weighted by Gasteiger charge is 2.34. The number of carbonyl (C=O) groups excluding carboxylic acids is 1. The number of nitrogens with zero attached hydrogens (tertiary/aromatic N) is 3. The predicted molar refractivity (Wildman–Crippen MR) is 119 cm³/mol. The molecule has 0 unspecified atom stereocenters. The van der Waals surface area contributed by atoms with Gasteiger partial charge < -0.3 is 14.7 Å². The summed E-state index contributed by atoms with van der Waals surface area (Å²) in [5.41, 5.74) is -0.197. The van der Waals surface area contributed by atoms with Crippen molar-refractivity contribution in [3.63, 3.8) is 0 Å². The highest BCUT2D eigenvalue weighted by atomic mass is 19.4. The molecule has 1 amide bonds. The van der Waals surface area contributed by atoms with E-state index >= 15 is 0 Å². The summed E-state index contributed by atoms with van der Waals surface area (Å²) in [5, 5.41) is 7.35. The second-order valence-electron chi connectivity index (χ2n) is 8.99. The molecular weight excluding hydrogens is 433 g/mol. The standard InChI is InChI=1S/C24H27F3N4O2/c1-14(2)13-31-10-8-16(9-11-31)28-22(32)18-12-20(29-23-21(18)15(3)30-33-23)17-6-4-5-7-19(17)24(25,26)27/h4-7,12,14,16H,8-11,13H2,1-3H3,(H,28,32). The molecule has 176 valence electrons. The molecular formula is C24H27F3N4O2. The van der Waals surface area contributed by atoms with Gasteiger partial charge >= 0.3 is 6.18 Å². The van der Waals surface area contributed by atoms with Crippen LogP contribution in [-0.2, 0) is 6.18 Å². The molecule has 4 rings (SSSR count). The molecule has 33 heavy (non-hydrogen) atoms. The zero-order chi connectivity index (χ0) is 23.8. The highest BCUT2D eigenvalue weighted by molar-refractivity contribution is 6.07. The lowest BCUT2D eigenvalue weighted by Gasteiger charge is -2.33. The summed E-state index contributed by atoms with van der Waals surface area (Å²) in [5.74, 6) is 0.220. The van der Waals surface area contributed by atoms with Crippen LogP contribution in [0.25, 0.3) is 22.4 Å². The fourth-order valence-corrected chi connectivity index (χ4v) is 4.40. The summed E-state index contributed by atoms with van der Waals surface area (Å²) in [6, 6.07) is 6.56. The first-order valence-corrected chi connectivity index (χ1v) is 11.1. The number of fused-ring (bicyclic) bond motifs is 1. The minimum absolute atomic E-state index is 0.00444. The molecule has 1 N–H and O–H groups in total. The van der Waals surface area contributed by atoms with Crippen LogP contribution in [0.3, 0.4) is 0 Å². The molecule has 0 saturated carbocycles. The molecule has 0 spiro atoms. The summed E-state index contributed by atoms with van der Waals surface area (Å²) >= 11 is 0. The Morgan fingerprint density at radius 1 is 1.24 bits per heavy atom. The van der Waals surface area contributed by atoms with E-state index in [9.17, 15) is 18.0 Å². The maximum absolute atomic E-state index is 13.6. The number of aryl methyl sites for hydroxylation is 1. The first-order valence-electron chi connectivity index (χ1n) is 11.1. The lowest BCUT2D eigenvalue weighted by atomic mass is 9.99. The Labute approximate surface area is 190 Å². The largest absolute Gasteiger partial charge is 0.417 e. The number of alkyl halides is 3.